The molecule has 78 valence electrons. The fourth-order valence-electron chi connectivity index (χ4n) is 1.24. The zero-order valence-electron chi connectivity index (χ0n) is 8.01. The van der Waals surface area contributed by atoms with Gasteiger partial charge in [0.1, 0.15) is 11.5 Å². The number of pyridine rings is 1. The van der Waals surface area contributed by atoms with Crippen LogP contribution < -0.4 is 10.5 Å². The Labute approximate surface area is 95.0 Å². The number of methoxy groups -OCH3 is 1. The summed E-state index contributed by atoms with van der Waals surface area (Å²) in [6.07, 6.45) is 3.28. The molecule has 0 amide bonds. The molecule has 6 heteroatoms. The van der Waals surface area contributed by atoms with E-state index in [0.29, 0.717) is 17.4 Å². The highest BCUT2D eigenvalue weighted by Crippen LogP contribution is 2.24. The number of hydrogen-bond donors (Lipinski definition) is 1. The van der Waals surface area contributed by atoms with Crippen LogP contribution in [0.3, 0.4) is 0 Å². The average Bonchev–Trinajstić information content (AvgIpc) is 2.64. The van der Waals surface area contributed by atoms with Crippen molar-refractivity contribution in [2.75, 3.05) is 12.8 Å². The summed E-state index contributed by atoms with van der Waals surface area (Å²) in [5.41, 5.74) is 6.45. The zero-order chi connectivity index (χ0) is 10.8. The van der Waals surface area contributed by atoms with E-state index in [4.69, 9.17) is 10.5 Å². The Morgan fingerprint density at radius 1 is 1.53 bits per heavy atom. The summed E-state index contributed by atoms with van der Waals surface area (Å²) in [5.74, 6) is 1.02. The van der Waals surface area contributed by atoms with Gasteiger partial charge in [-0.25, -0.2) is 9.67 Å². The maximum atomic E-state index is 5.75. The lowest BCUT2D eigenvalue weighted by atomic mass is 10.4. The lowest BCUT2D eigenvalue weighted by molar-refractivity contribution is 0.395. The molecule has 2 aromatic heterocycles. The monoisotopic (exact) mass is 268 g/mol. The fourth-order valence-corrected chi connectivity index (χ4v) is 1.56. The predicted molar refractivity (Wildman–Crippen MR) is 60.0 cm³/mol. The molecule has 0 aliphatic heterocycles. The number of anilines is 1. The van der Waals surface area contributed by atoms with E-state index in [1.54, 1.807) is 30.3 Å². The van der Waals surface area contributed by atoms with Crippen LogP contribution in [0.4, 0.5) is 5.82 Å². The molecular formula is C9H9BrN4O. The highest BCUT2D eigenvalue weighted by Gasteiger charge is 2.10. The average molecular weight is 269 g/mol. The first-order chi connectivity index (χ1) is 7.22. The van der Waals surface area contributed by atoms with Crippen LogP contribution in [0.2, 0.25) is 0 Å². The molecule has 5 nitrogen and oxygen atoms in total. The van der Waals surface area contributed by atoms with Crippen molar-refractivity contribution in [3.63, 3.8) is 0 Å². The fraction of sp³-hybridized carbons (Fsp3) is 0.111. The van der Waals surface area contributed by atoms with Crippen molar-refractivity contribution in [2.24, 2.45) is 0 Å². The Kier molecular flexibility index (Phi) is 2.59. The molecule has 0 aliphatic carbocycles. The normalized spacial score (nSPS) is 10.3. The van der Waals surface area contributed by atoms with Gasteiger partial charge < -0.3 is 10.5 Å². The van der Waals surface area contributed by atoms with E-state index in [-0.39, 0.29) is 0 Å². The number of halogens is 1. The van der Waals surface area contributed by atoms with Crippen molar-refractivity contribution in [2.45, 2.75) is 0 Å². The molecule has 2 rings (SSSR count). The highest BCUT2D eigenvalue weighted by molar-refractivity contribution is 9.10. The molecule has 0 spiro atoms. The molecule has 0 unspecified atom stereocenters. The number of rotatable bonds is 2. The molecule has 0 atom stereocenters. The molecule has 0 aliphatic rings. The van der Waals surface area contributed by atoms with Crippen LogP contribution in [-0.4, -0.2) is 21.9 Å². The second-order valence-electron chi connectivity index (χ2n) is 2.85. The van der Waals surface area contributed by atoms with Crippen molar-refractivity contribution in [1.29, 1.82) is 0 Å². The van der Waals surface area contributed by atoms with Crippen molar-refractivity contribution in [1.82, 2.24) is 14.8 Å². The van der Waals surface area contributed by atoms with Crippen LogP contribution in [0.5, 0.6) is 5.88 Å². The minimum Gasteiger partial charge on any atom is -0.479 e. The van der Waals surface area contributed by atoms with E-state index in [0.717, 1.165) is 4.47 Å². The third-order valence-corrected chi connectivity index (χ3v) is 2.33. The van der Waals surface area contributed by atoms with Gasteiger partial charge in [0.2, 0.25) is 5.88 Å². The number of ether oxygens (including phenoxy) is 1. The Hall–Kier alpha value is -1.56. The quantitative estimate of drug-likeness (QED) is 0.899. The molecule has 0 saturated heterocycles. The number of nitrogens with zero attached hydrogens (tertiary/aromatic N) is 3. The highest BCUT2D eigenvalue weighted by atomic mass is 79.9. The SMILES string of the molecule is COc1ncc(Br)cc1-n1nccc1N. The standard InChI is InChI=1S/C9H9BrN4O/c1-15-9-7(4-6(10)5-12-9)14-8(11)2-3-13-14/h2-5H,11H2,1H3. The third kappa shape index (κ3) is 1.80. The van der Waals surface area contributed by atoms with E-state index in [9.17, 15) is 0 Å². The molecule has 0 bridgehead atoms. The molecule has 15 heavy (non-hydrogen) atoms. The van der Waals surface area contributed by atoms with Crippen LogP contribution in [0.1, 0.15) is 0 Å². The first-order valence-electron chi connectivity index (χ1n) is 4.22. The molecule has 0 radical (unpaired) electrons. The second kappa shape index (κ2) is 3.90. The Bertz CT molecular complexity index is 483. The predicted octanol–water partition coefficient (Wildman–Crippen LogP) is 1.62. The van der Waals surface area contributed by atoms with Crippen LogP contribution in [0.25, 0.3) is 5.69 Å². The van der Waals surface area contributed by atoms with Crippen molar-refractivity contribution in [3.8, 4) is 11.6 Å². The minimum absolute atomic E-state index is 0.480. The number of hydrogen-bond acceptors (Lipinski definition) is 4. The molecular weight excluding hydrogens is 260 g/mol. The van der Waals surface area contributed by atoms with Gasteiger partial charge in [-0.3, -0.25) is 0 Å². The molecule has 2 N–H and O–H groups in total. The van der Waals surface area contributed by atoms with Crippen LogP contribution >= 0.6 is 15.9 Å². The van der Waals surface area contributed by atoms with E-state index < -0.39 is 0 Å². The van der Waals surface area contributed by atoms with Crippen molar-refractivity contribution >= 4 is 21.7 Å². The molecule has 0 fully saturated rings. The second-order valence-corrected chi connectivity index (χ2v) is 3.77. The van der Waals surface area contributed by atoms with Gasteiger partial charge in [0.05, 0.1) is 13.3 Å². The molecule has 2 heterocycles. The summed E-state index contributed by atoms with van der Waals surface area (Å²) in [5, 5.41) is 4.09. The summed E-state index contributed by atoms with van der Waals surface area (Å²) in [6.45, 7) is 0. The lowest BCUT2D eigenvalue weighted by Crippen LogP contribution is -2.04. The van der Waals surface area contributed by atoms with Gasteiger partial charge in [0.25, 0.3) is 0 Å². The summed E-state index contributed by atoms with van der Waals surface area (Å²) < 4.78 is 7.54. The van der Waals surface area contributed by atoms with Gasteiger partial charge >= 0.3 is 0 Å². The van der Waals surface area contributed by atoms with Crippen molar-refractivity contribution in [3.05, 3.63) is 29.0 Å². The molecule has 2 aromatic rings. The summed E-state index contributed by atoms with van der Waals surface area (Å²) in [6, 6.07) is 3.55. The Morgan fingerprint density at radius 2 is 2.33 bits per heavy atom. The maximum absolute atomic E-state index is 5.75. The van der Waals surface area contributed by atoms with Crippen LogP contribution in [-0.2, 0) is 0 Å². The van der Waals surface area contributed by atoms with Crippen LogP contribution in [0.15, 0.2) is 29.0 Å². The van der Waals surface area contributed by atoms with E-state index in [1.807, 2.05) is 6.07 Å². The van der Waals surface area contributed by atoms with Gasteiger partial charge in [-0.05, 0) is 22.0 Å². The Balaban J connectivity index is 2.60. The zero-order valence-corrected chi connectivity index (χ0v) is 9.60. The van der Waals surface area contributed by atoms with Gasteiger partial charge in [0, 0.05) is 16.7 Å². The van der Waals surface area contributed by atoms with Gasteiger partial charge in [0.15, 0.2) is 0 Å². The van der Waals surface area contributed by atoms with E-state index in [1.165, 1.54) is 0 Å². The first-order valence-corrected chi connectivity index (χ1v) is 5.01. The molecule has 0 saturated carbocycles. The number of aromatic nitrogens is 3. The summed E-state index contributed by atoms with van der Waals surface area (Å²) >= 11 is 3.34. The Morgan fingerprint density at radius 3 is 2.93 bits per heavy atom. The lowest BCUT2D eigenvalue weighted by Gasteiger charge is -2.08. The van der Waals surface area contributed by atoms with Crippen molar-refractivity contribution < 1.29 is 4.74 Å². The van der Waals surface area contributed by atoms with Gasteiger partial charge in [-0.1, -0.05) is 0 Å². The number of nitrogens with two attached hydrogens (primary N) is 1. The molecule has 0 aromatic carbocycles. The smallest absolute Gasteiger partial charge is 0.239 e. The maximum Gasteiger partial charge on any atom is 0.239 e. The summed E-state index contributed by atoms with van der Waals surface area (Å²) in [7, 11) is 1.55. The van der Waals surface area contributed by atoms with Gasteiger partial charge in [-0.2, -0.15) is 5.10 Å². The first kappa shape index (κ1) is 9.97. The summed E-state index contributed by atoms with van der Waals surface area (Å²) in [4.78, 5) is 4.11. The van der Waals surface area contributed by atoms with Gasteiger partial charge in [-0.15, -0.1) is 0 Å². The minimum atomic E-state index is 0.480. The van der Waals surface area contributed by atoms with E-state index >= 15 is 0 Å². The third-order valence-electron chi connectivity index (χ3n) is 1.89. The number of nitrogen functional groups attached to an aromatic ring is 1. The van der Waals surface area contributed by atoms with Crippen LogP contribution in [0, 0.1) is 0 Å². The topological polar surface area (TPSA) is 66.0 Å². The largest absolute Gasteiger partial charge is 0.479 e. The van der Waals surface area contributed by atoms with E-state index in [2.05, 4.69) is 26.0 Å².